The average molecular weight is 413 g/mol. The monoisotopic (exact) mass is 412 g/mol. The van der Waals surface area contributed by atoms with Crippen LogP contribution in [0.1, 0.15) is 18.9 Å². The Bertz CT molecular complexity index is 669. The first-order valence-electron chi connectivity index (χ1n) is 7.38. The normalized spacial score (nSPS) is 12.9. The smallest absolute Gasteiger partial charge is 0.240 e. The number of carbonyl (C=O) groups excluding carboxylic acids is 1. The SMILES string of the molecule is CCS(=O)(=O)NC(CCSC)C(=O)N(C)Cc1ccc(Cl)c(Cl)c1. The van der Waals surface area contributed by atoms with Crippen LogP contribution in [0.5, 0.6) is 0 Å². The largest absolute Gasteiger partial charge is 0.340 e. The van der Waals surface area contributed by atoms with Crippen LogP contribution in [0.2, 0.25) is 10.0 Å². The van der Waals surface area contributed by atoms with Crippen molar-refractivity contribution in [3.05, 3.63) is 33.8 Å². The van der Waals surface area contributed by atoms with Crippen LogP contribution >= 0.6 is 35.0 Å². The van der Waals surface area contributed by atoms with E-state index < -0.39 is 16.1 Å². The van der Waals surface area contributed by atoms with Crippen molar-refractivity contribution in [3.8, 4) is 0 Å². The molecule has 0 aromatic heterocycles. The summed E-state index contributed by atoms with van der Waals surface area (Å²) in [6.07, 6.45) is 2.35. The Kier molecular flexibility index (Phi) is 8.87. The van der Waals surface area contributed by atoms with E-state index in [9.17, 15) is 13.2 Å². The Morgan fingerprint density at radius 2 is 2.00 bits per heavy atom. The molecule has 1 atom stereocenters. The van der Waals surface area contributed by atoms with Gasteiger partial charge in [-0.05, 0) is 43.0 Å². The lowest BCUT2D eigenvalue weighted by molar-refractivity contribution is -0.132. The fourth-order valence-corrected chi connectivity index (χ4v) is 3.64. The number of carbonyl (C=O) groups is 1. The first kappa shape index (κ1) is 21.6. The average Bonchev–Trinajstić information content (AvgIpc) is 2.54. The van der Waals surface area contributed by atoms with E-state index in [1.54, 1.807) is 37.0 Å². The van der Waals surface area contributed by atoms with Crippen molar-refractivity contribution in [1.82, 2.24) is 9.62 Å². The van der Waals surface area contributed by atoms with Crippen LogP contribution in [0.15, 0.2) is 18.2 Å². The van der Waals surface area contributed by atoms with Crippen molar-refractivity contribution < 1.29 is 13.2 Å². The van der Waals surface area contributed by atoms with E-state index >= 15 is 0 Å². The van der Waals surface area contributed by atoms with Crippen LogP contribution < -0.4 is 4.72 Å². The second-order valence-corrected chi connectivity index (χ2v) is 9.14. The molecular formula is C15H22Cl2N2O3S2. The van der Waals surface area contributed by atoms with Crippen LogP contribution in [-0.2, 0) is 21.4 Å². The number of likely N-dealkylation sites (N-methyl/N-ethyl adjacent to an activating group) is 1. The molecule has 0 saturated heterocycles. The highest BCUT2D eigenvalue weighted by molar-refractivity contribution is 7.98. The predicted octanol–water partition coefficient (Wildman–Crippen LogP) is 3.01. The fourth-order valence-electron chi connectivity index (χ4n) is 2.02. The summed E-state index contributed by atoms with van der Waals surface area (Å²) in [6.45, 7) is 1.86. The molecule has 0 bridgehead atoms. The summed E-state index contributed by atoms with van der Waals surface area (Å²) in [6, 6.07) is 4.38. The summed E-state index contributed by atoms with van der Waals surface area (Å²) >= 11 is 13.4. The Balaban J connectivity index is 2.85. The third-order valence-corrected chi connectivity index (χ3v) is 6.18. The molecule has 0 aliphatic carbocycles. The van der Waals surface area contributed by atoms with Crippen molar-refractivity contribution in [1.29, 1.82) is 0 Å². The maximum absolute atomic E-state index is 12.6. The van der Waals surface area contributed by atoms with E-state index in [1.165, 1.54) is 11.8 Å². The third-order valence-electron chi connectivity index (χ3n) is 3.39. The van der Waals surface area contributed by atoms with Crippen LogP contribution in [0, 0.1) is 0 Å². The molecule has 1 rings (SSSR count). The van der Waals surface area contributed by atoms with Crippen LogP contribution in [0.4, 0.5) is 0 Å². The maximum atomic E-state index is 12.6. The van der Waals surface area contributed by atoms with Crippen LogP contribution in [0.3, 0.4) is 0 Å². The highest BCUT2D eigenvalue weighted by Crippen LogP contribution is 2.23. The number of sulfonamides is 1. The van der Waals surface area contributed by atoms with Gasteiger partial charge in [-0.3, -0.25) is 4.79 Å². The molecule has 0 aliphatic heterocycles. The van der Waals surface area contributed by atoms with Crippen LogP contribution in [-0.4, -0.2) is 50.1 Å². The molecule has 1 N–H and O–H groups in total. The zero-order valence-corrected chi connectivity index (χ0v) is 17.0. The Morgan fingerprint density at radius 3 is 2.54 bits per heavy atom. The first-order chi connectivity index (χ1) is 11.2. The van der Waals surface area contributed by atoms with Crippen molar-refractivity contribution in [2.24, 2.45) is 0 Å². The molecule has 0 heterocycles. The number of hydrogen-bond acceptors (Lipinski definition) is 4. The van der Waals surface area contributed by atoms with Gasteiger partial charge >= 0.3 is 0 Å². The minimum Gasteiger partial charge on any atom is -0.340 e. The second-order valence-electron chi connectivity index (χ2n) is 5.30. The van der Waals surface area contributed by atoms with Gasteiger partial charge in [0.1, 0.15) is 6.04 Å². The van der Waals surface area contributed by atoms with Gasteiger partial charge in [0.15, 0.2) is 0 Å². The quantitative estimate of drug-likeness (QED) is 0.676. The topological polar surface area (TPSA) is 66.5 Å². The first-order valence-corrected chi connectivity index (χ1v) is 11.2. The number of nitrogens with zero attached hydrogens (tertiary/aromatic N) is 1. The molecular weight excluding hydrogens is 391 g/mol. The van der Waals surface area contributed by atoms with E-state index in [-0.39, 0.29) is 11.7 Å². The zero-order chi connectivity index (χ0) is 18.3. The minimum atomic E-state index is -3.46. The van der Waals surface area contributed by atoms with E-state index in [2.05, 4.69) is 4.72 Å². The van der Waals surface area contributed by atoms with Gasteiger partial charge in [-0.2, -0.15) is 11.8 Å². The van der Waals surface area contributed by atoms with Gasteiger partial charge in [-0.25, -0.2) is 13.1 Å². The summed E-state index contributed by atoms with van der Waals surface area (Å²) in [5.74, 6) is 0.350. The van der Waals surface area contributed by atoms with Crippen molar-refractivity contribution in [2.75, 3.05) is 24.8 Å². The molecule has 0 spiro atoms. The Labute approximate surface area is 158 Å². The molecule has 9 heteroatoms. The number of rotatable bonds is 9. The number of amides is 1. The van der Waals surface area contributed by atoms with Crippen molar-refractivity contribution >= 4 is 50.9 Å². The molecule has 136 valence electrons. The minimum absolute atomic E-state index is 0.0629. The molecule has 24 heavy (non-hydrogen) atoms. The van der Waals surface area contributed by atoms with Gasteiger partial charge in [0.2, 0.25) is 15.9 Å². The van der Waals surface area contributed by atoms with Gasteiger partial charge in [0, 0.05) is 13.6 Å². The number of hydrogen-bond donors (Lipinski definition) is 1. The lowest BCUT2D eigenvalue weighted by Crippen LogP contribution is -2.47. The van der Waals surface area contributed by atoms with Gasteiger partial charge in [-0.15, -0.1) is 0 Å². The summed E-state index contributed by atoms with van der Waals surface area (Å²) in [5, 5.41) is 0.864. The molecule has 0 radical (unpaired) electrons. The zero-order valence-electron chi connectivity index (χ0n) is 13.9. The molecule has 1 unspecified atom stereocenters. The van der Waals surface area contributed by atoms with Crippen molar-refractivity contribution in [3.63, 3.8) is 0 Å². The molecule has 1 aromatic rings. The standard InChI is InChI=1S/C15H22Cl2N2O3S2/c1-4-24(21,22)18-14(7-8-23-3)15(20)19(2)10-11-5-6-12(16)13(17)9-11/h5-6,9,14,18H,4,7-8,10H2,1-3H3. The van der Waals surface area contributed by atoms with Crippen LogP contribution in [0.25, 0.3) is 0 Å². The number of nitrogens with one attached hydrogen (secondary N) is 1. The lowest BCUT2D eigenvalue weighted by Gasteiger charge is -2.24. The Hall–Kier alpha value is -0.470. The number of halogens is 2. The van der Waals surface area contributed by atoms with Gasteiger partial charge < -0.3 is 4.90 Å². The van der Waals surface area contributed by atoms with Gasteiger partial charge in [0.05, 0.1) is 15.8 Å². The fraction of sp³-hybridized carbons (Fsp3) is 0.533. The molecule has 1 amide bonds. The molecule has 0 aliphatic rings. The molecule has 5 nitrogen and oxygen atoms in total. The highest BCUT2D eigenvalue weighted by Gasteiger charge is 2.26. The van der Waals surface area contributed by atoms with Crippen molar-refractivity contribution in [2.45, 2.75) is 25.9 Å². The summed E-state index contributed by atoms with van der Waals surface area (Å²) in [4.78, 5) is 14.1. The van der Waals surface area contributed by atoms with Gasteiger partial charge in [-0.1, -0.05) is 29.3 Å². The van der Waals surface area contributed by atoms with E-state index in [0.717, 1.165) is 5.56 Å². The van der Waals surface area contributed by atoms with E-state index in [1.807, 2.05) is 6.26 Å². The lowest BCUT2D eigenvalue weighted by atomic mass is 10.1. The molecule has 0 fully saturated rings. The third kappa shape index (κ3) is 6.80. The summed E-state index contributed by atoms with van der Waals surface area (Å²) < 4.78 is 26.1. The summed E-state index contributed by atoms with van der Waals surface area (Å²) in [5.41, 5.74) is 0.821. The Morgan fingerprint density at radius 1 is 1.33 bits per heavy atom. The second kappa shape index (κ2) is 9.87. The van der Waals surface area contributed by atoms with Gasteiger partial charge in [0.25, 0.3) is 0 Å². The number of benzene rings is 1. The number of thioether (sulfide) groups is 1. The predicted molar refractivity (Wildman–Crippen MR) is 102 cm³/mol. The summed E-state index contributed by atoms with van der Waals surface area (Å²) in [7, 11) is -1.82. The molecule has 1 aromatic carbocycles. The molecule has 0 saturated carbocycles. The maximum Gasteiger partial charge on any atom is 0.240 e. The van der Waals surface area contributed by atoms with E-state index in [0.29, 0.717) is 28.8 Å². The highest BCUT2D eigenvalue weighted by atomic mass is 35.5. The van der Waals surface area contributed by atoms with E-state index in [4.69, 9.17) is 23.2 Å².